The summed E-state index contributed by atoms with van der Waals surface area (Å²) in [6.45, 7) is 0. The first-order chi connectivity index (χ1) is 14.0. The Morgan fingerprint density at radius 3 is 2.90 bits per heavy atom. The lowest BCUT2D eigenvalue weighted by Gasteiger charge is -1.99. The van der Waals surface area contributed by atoms with Gasteiger partial charge >= 0.3 is 0 Å². The maximum absolute atomic E-state index is 13.7. The molecule has 0 aliphatic carbocycles. The second kappa shape index (κ2) is 6.30. The van der Waals surface area contributed by atoms with Gasteiger partial charge in [0.25, 0.3) is 11.7 Å². The molecular weight excluding hydrogens is 375 g/mol. The molecule has 0 atom stereocenters. The van der Waals surface area contributed by atoms with E-state index in [2.05, 4.69) is 15.1 Å². The molecule has 0 spiro atoms. The third-order valence-corrected chi connectivity index (χ3v) is 4.95. The van der Waals surface area contributed by atoms with Crippen molar-refractivity contribution in [2.24, 2.45) is 7.05 Å². The summed E-state index contributed by atoms with van der Waals surface area (Å²) in [5.41, 5.74) is 2.60. The number of aryl methyl sites for hydroxylation is 1. The quantitative estimate of drug-likeness (QED) is 0.467. The molecule has 0 radical (unpaired) electrons. The molecule has 7 nitrogen and oxygen atoms in total. The van der Waals surface area contributed by atoms with E-state index in [1.807, 2.05) is 18.2 Å². The summed E-state index contributed by atoms with van der Waals surface area (Å²) in [4.78, 5) is 20.4. The summed E-state index contributed by atoms with van der Waals surface area (Å²) < 4.78 is 26.0. The van der Waals surface area contributed by atoms with E-state index in [4.69, 9.17) is 9.26 Å². The number of methoxy groups -OCH3 is 1. The molecule has 3 aromatic heterocycles. The molecule has 0 bridgehead atoms. The number of fused-ring (bicyclic) bond motifs is 2. The lowest BCUT2D eigenvalue weighted by Crippen LogP contribution is -2.01. The van der Waals surface area contributed by atoms with Crippen LogP contribution in [0.15, 0.2) is 53.3 Å². The zero-order valence-electron chi connectivity index (χ0n) is 15.6. The first kappa shape index (κ1) is 17.2. The van der Waals surface area contributed by atoms with Gasteiger partial charge in [0.05, 0.1) is 12.7 Å². The van der Waals surface area contributed by atoms with E-state index in [-0.39, 0.29) is 11.7 Å². The fourth-order valence-electron chi connectivity index (χ4n) is 3.50. The molecular formula is C21H15FN4O3. The van der Waals surface area contributed by atoms with Crippen LogP contribution in [0.2, 0.25) is 0 Å². The van der Waals surface area contributed by atoms with Crippen LogP contribution < -0.4 is 4.74 Å². The average Bonchev–Trinajstić information content (AvgIpc) is 3.44. The van der Waals surface area contributed by atoms with E-state index < -0.39 is 11.6 Å². The molecule has 29 heavy (non-hydrogen) atoms. The maximum atomic E-state index is 13.7. The molecule has 1 N–H and O–H groups in total. The first-order valence-corrected chi connectivity index (χ1v) is 8.83. The van der Waals surface area contributed by atoms with E-state index in [1.165, 1.54) is 12.1 Å². The predicted octanol–water partition coefficient (Wildman–Crippen LogP) is 4.09. The van der Waals surface area contributed by atoms with E-state index in [0.29, 0.717) is 22.3 Å². The standard InChI is InChI=1S/C21H15FN4O3/c1-26-10-16(14-7-11(22)3-6-18(14)26)19(27)21-24-20(25-29-21)15-9-23-17-5-4-12(28-2)8-13(15)17/h3-10,23H,1-2H3. The number of hydrogen-bond donors (Lipinski definition) is 1. The zero-order valence-corrected chi connectivity index (χ0v) is 15.6. The third-order valence-electron chi connectivity index (χ3n) is 4.95. The van der Waals surface area contributed by atoms with Crippen molar-refractivity contribution < 1.29 is 18.4 Å². The molecule has 2 aromatic carbocycles. The van der Waals surface area contributed by atoms with Crippen molar-refractivity contribution in [3.8, 4) is 17.1 Å². The van der Waals surface area contributed by atoms with Gasteiger partial charge < -0.3 is 18.8 Å². The van der Waals surface area contributed by atoms with Gasteiger partial charge in [0.1, 0.15) is 11.6 Å². The van der Waals surface area contributed by atoms with Gasteiger partial charge in [0.15, 0.2) is 0 Å². The minimum atomic E-state index is -0.461. The number of ether oxygens (including phenoxy) is 1. The van der Waals surface area contributed by atoms with Crippen molar-refractivity contribution in [3.05, 3.63) is 66.1 Å². The van der Waals surface area contributed by atoms with Crippen molar-refractivity contribution in [1.82, 2.24) is 19.7 Å². The molecule has 3 heterocycles. The van der Waals surface area contributed by atoms with Crippen LogP contribution in [0.4, 0.5) is 4.39 Å². The smallest absolute Gasteiger partial charge is 0.299 e. The number of rotatable bonds is 4. The average molecular weight is 390 g/mol. The number of nitrogens with zero attached hydrogens (tertiary/aromatic N) is 3. The Hall–Kier alpha value is -3.94. The molecule has 5 aromatic rings. The molecule has 0 saturated heterocycles. The van der Waals surface area contributed by atoms with E-state index in [1.54, 1.807) is 37.2 Å². The van der Waals surface area contributed by atoms with Gasteiger partial charge in [-0.1, -0.05) is 5.16 Å². The van der Waals surface area contributed by atoms with E-state index >= 15 is 0 Å². The van der Waals surface area contributed by atoms with Gasteiger partial charge in [-0.15, -0.1) is 0 Å². The minimum Gasteiger partial charge on any atom is -0.497 e. The number of aromatic nitrogens is 4. The monoisotopic (exact) mass is 390 g/mol. The predicted molar refractivity (Wildman–Crippen MR) is 104 cm³/mol. The Balaban J connectivity index is 1.57. The highest BCUT2D eigenvalue weighted by Gasteiger charge is 2.23. The summed E-state index contributed by atoms with van der Waals surface area (Å²) in [6.07, 6.45) is 3.38. The number of aromatic amines is 1. The highest BCUT2D eigenvalue weighted by molar-refractivity contribution is 6.14. The summed E-state index contributed by atoms with van der Waals surface area (Å²) in [6, 6.07) is 9.88. The van der Waals surface area contributed by atoms with Crippen LogP contribution in [0.3, 0.4) is 0 Å². The number of carbonyl (C=O) groups excluding carboxylic acids is 1. The van der Waals surface area contributed by atoms with Crippen LogP contribution in [0, 0.1) is 5.82 Å². The number of ketones is 1. The molecule has 0 unspecified atom stereocenters. The third kappa shape index (κ3) is 2.68. The SMILES string of the molecule is COc1ccc2[nH]cc(-c3noc(C(=O)c4cn(C)c5ccc(F)cc45)n3)c2c1. The fourth-order valence-corrected chi connectivity index (χ4v) is 3.50. The summed E-state index contributed by atoms with van der Waals surface area (Å²) >= 11 is 0. The Bertz CT molecular complexity index is 1400. The largest absolute Gasteiger partial charge is 0.497 e. The molecule has 0 saturated carbocycles. The van der Waals surface area contributed by atoms with Gasteiger partial charge in [-0.25, -0.2) is 4.39 Å². The summed E-state index contributed by atoms with van der Waals surface area (Å²) in [5.74, 6) is -0.0710. The topological polar surface area (TPSA) is 85.9 Å². The molecule has 0 aliphatic heterocycles. The first-order valence-electron chi connectivity index (χ1n) is 8.83. The number of hydrogen-bond acceptors (Lipinski definition) is 5. The van der Waals surface area contributed by atoms with Crippen molar-refractivity contribution >= 4 is 27.6 Å². The fraction of sp³-hybridized carbons (Fsp3) is 0.0952. The maximum Gasteiger partial charge on any atom is 0.299 e. The van der Waals surface area contributed by atoms with Gasteiger partial charge in [0.2, 0.25) is 5.82 Å². The Labute approximate surface area is 163 Å². The molecule has 0 fully saturated rings. The van der Waals surface area contributed by atoms with Crippen LogP contribution in [0.1, 0.15) is 16.2 Å². The molecule has 144 valence electrons. The van der Waals surface area contributed by atoms with Gasteiger partial charge in [-0.2, -0.15) is 4.98 Å². The van der Waals surface area contributed by atoms with Crippen LogP contribution >= 0.6 is 0 Å². The number of carbonyl (C=O) groups is 1. The van der Waals surface area contributed by atoms with Gasteiger partial charge in [-0.3, -0.25) is 4.79 Å². The number of halogens is 1. The van der Waals surface area contributed by atoms with Crippen molar-refractivity contribution in [3.63, 3.8) is 0 Å². The van der Waals surface area contributed by atoms with Crippen LogP contribution in [-0.4, -0.2) is 32.6 Å². The normalized spacial score (nSPS) is 11.4. The number of benzene rings is 2. The highest BCUT2D eigenvalue weighted by Crippen LogP contribution is 2.30. The number of H-pyrrole nitrogens is 1. The lowest BCUT2D eigenvalue weighted by atomic mass is 10.1. The van der Waals surface area contributed by atoms with Crippen molar-refractivity contribution in [2.75, 3.05) is 7.11 Å². The lowest BCUT2D eigenvalue weighted by molar-refractivity contribution is 0.0995. The second-order valence-corrected chi connectivity index (χ2v) is 6.68. The Morgan fingerprint density at radius 1 is 1.21 bits per heavy atom. The van der Waals surface area contributed by atoms with Gasteiger partial charge in [-0.05, 0) is 36.4 Å². The van der Waals surface area contributed by atoms with Crippen molar-refractivity contribution in [2.45, 2.75) is 0 Å². The highest BCUT2D eigenvalue weighted by atomic mass is 19.1. The minimum absolute atomic E-state index is 0.158. The molecule has 0 amide bonds. The van der Waals surface area contributed by atoms with Crippen molar-refractivity contribution in [1.29, 1.82) is 0 Å². The molecule has 0 aliphatic rings. The second-order valence-electron chi connectivity index (χ2n) is 6.68. The van der Waals surface area contributed by atoms with Crippen LogP contribution in [0.5, 0.6) is 5.75 Å². The van der Waals surface area contributed by atoms with E-state index in [0.717, 1.165) is 16.4 Å². The van der Waals surface area contributed by atoms with Gasteiger partial charge in [0, 0.05) is 46.8 Å². The summed E-state index contributed by atoms with van der Waals surface area (Å²) in [5, 5.41) is 5.31. The van der Waals surface area contributed by atoms with E-state index in [9.17, 15) is 9.18 Å². The zero-order chi connectivity index (χ0) is 20.1. The van der Waals surface area contributed by atoms with Crippen LogP contribution in [0.25, 0.3) is 33.2 Å². The molecule has 5 rings (SSSR count). The molecule has 8 heteroatoms. The Kier molecular flexibility index (Phi) is 3.73. The van der Waals surface area contributed by atoms with Crippen LogP contribution in [-0.2, 0) is 7.05 Å². The summed E-state index contributed by atoms with van der Waals surface area (Å²) in [7, 11) is 3.38. The Morgan fingerprint density at radius 2 is 2.07 bits per heavy atom. The number of nitrogens with one attached hydrogen (secondary N) is 1.